The highest BCUT2D eigenvalue weighted by molar-refractivity contribution is 6.06. The monoisotopic (exact) mass is 236 g/mol. The van der Waals surface area contributed by atoms with Gasteiger partial charge in [-0.25, -0.2) is 13.8 Å². The summed E-state index contributed by atoms with van der Waals surface area (Å²) in [5.74, 6) is -1.86. The maximum atomic E-state index is 13.0. The molecule has 0 aliphatic rings. The first kappa shape index (κ1) is 11.4. The highest BCUT2D eigenvalue weighted by Gasteiger charge is 2.16. The Morgan fingerprint density at radius 1 is 1.29 bits per heavy atom. The first-order valence-corrected chi connectivity index (χ1v) is 5.13. The lowest BCUT2D eigenvalue weighted by Gasteiger charge is -2.04. The molecule has 88 valence electrons. The summed E-state index contributed by atoms with van der Waals surface area (Å²) in [4.78, 5) is 15.9. The zero-order chi connectivity index (χ0) is 12.4. The van der Waals surface area contributed by atoms with Gasteiger partial charge < -0.3 is 4.57 Å². The van der Waals surface area contributed by atoms with Crippen LogP contribution in [0.1, 0.15) is 23.1 Å². The molecule has 0 amide bonds. The standard InChI is InChI=1S/C12H10F2N2O/c1-2-16-4-3-15-12(16)11(17)8-5-9(13)7-10(14)6-8/h3-7H,2H2,1H3. The molecule has 0 N–H and O–H groups in total. The van der Waals surface area contributed by atoms with Crippen LogP contribution in [0.15, 0.2) is 30.6 Å². The predicted molar refractivity (Wildman–Crippen MR) is 57.7 cm³/mol. The molecule has 0 atom stereocenters. The largest absolute Gasteiger partial charge is 0.328 e. The second-order valence-electron chi connectivity index (χ2n) is 3.52. The van der Waals surface area contributed by atoms with E-state index in [0.29, 0.717) is 6.54 Å². The number of hydrogen-bond donors (Lipinski definition) is 0. The number of nitrogens with zero attached hydrogens (tertiary/aromatic N) is 2. The third-order valence-electron chi connectivity index (χ3n) is 2.38. The molecule has 2 aromatic rings. The topological polar surface area (TPSA) is 34.9 Å². The second kappa shape index (κ2) is 4.45. The van der Waals surface area contributed by atoms with Gasteiger partial charge in [-0.15, -0.1) is 0 Å². The van der Waals surface area contributed by atoms with E-state index in [9.17, 15) is 13.6 Å². The highest BCUT2D eigenvalue weighted by atomic mass is 19.1. The van der Waals surface area contributed by atoms with E-state index < -0.39 is 17.4 Å². The lowest BCUT2D eigenvalue weighted by atomic mass is 10.1. The number of carbonyl (C=O) groups excluding carboxylic acids is 1. The van der Waals surface area contributed by atoms with E-state index in [0.717, 1.165) is 18.2 Å². The van der Waals surface area contributed by atoms with Crippen LogP contribution < -0.4 is 0 Å². The number of halogens is 2. The van der Waals surface area contributed by atoms with Crippen LogP contribution in [0.5, 0.6) is 0 Å². The van der Waals surface area contributed by atoms with E-state index in [4.69, 9.17) is 0 Å². The normalized spacial score (nSPS) is 10.5. The van der Waals surface area contributed by atoms with Crippen LogP contribution in [0, 0.1) is 11.6 Å². The number of aryl methyl sites for hydroxylation is 1. The average Bonchev–Trinajstić information content (AvgIpc) is 2.74. The van der Waals surface area contributed by atoms with Crippen molar-refractivity contribution >= 4 is 5.78 Å². The number of carbonyl (C=O) groups is 1. The summed E-state index contributed by atoms with van der Waals surface area (Å²) in [7, 11) is 0. The summed E-state index contributed by atoms with van der Waals surface area (Å²) in [6.07, 6.45) is 3.12. The first-order valence-electron chi connectivity index (χ1n) is 5.13. The van der Waals surface area contributed by atoms with Crippen LogP contribution >= 0.6 is 0 Å². The molecular formula is C12H10F2N2O. The van der Waals surface area contributed by atoms with Gasteiger partial charge in [0.05, 0.1) is 0 Å². The Morgan fingerprint density at radius 3 is 2.53 bits per heavy atom. The van der Waals surface area contributed by atoms with Crippen LogP contribution in [-0.4, -0.2) is 15.3 Å². The van der Waals surface area contributed by atoms with Crippen molar-refractivity contribution in [2.75, 3.05) is 0 Å². The zero-order valence-corrected chi connectivity index (χ0v) is 9.15. The summed E-state index contributed by atoms with van der Waals surface area (Å²) in [6, 6.07) is 2.73. The molecule has 5 heteroatoms. The van der Waals surface area contributed by atoms with E-state index in [1.54, 1.807) is 10.8 Å². The smallest absolute Gasteiger partial charge is 0.228 e. The molecule has 0 unspecified atom stereocenters. The van der Waals surface area contributed by atoms with Gasteiger partial charge in [-0.1, -0.05) is 0 Å². The fourth-order valence-electron chi connectivity index (χ4n) is 1.59. The summed E-state index contributed by atoms with van der Waals surface area (Å²) < 4.78 is 27.6. The summed E-state index contributed by atoms with van der Waals surface area (Å²) in [5, 5.41) is 0. The van der Waals surface area contributed by atoms with E-state index >= 15 is 0 Å². The van der Waals surface area contributed by atoms with Gasteiger partial charge in [0.25, 0.3) is 0 Å². The average molecular weight is 236 g/mol. The molecule has 1 aromatic carbocycles. The van der Waals surface area contributed by atoms with Crippen molar-refractivity contribution in [2.24, 2.45) is 0 Å². The van der Waals surface area contributed by atoms with Crippen molar-refractivity contribution in [3.05, 3.63) is 53.6 Å². The first-order chi connectivity index (χ1) is 8.11. The Bertz CT molecular complexity index is 543. The van der Waals surface area contributed by atoms with Gasteiger partial charge in [0, 0.05) is 30.6 Å². The van der Waals surface area contributed by atoms with Crippen molar-refractivity contribution in [2.45, 2.75) is 13.5 Å². The van der Waals surface area contributed by atoms with Gasteiger partial charge in [-0.3, -0.25) is 4.79 Å². The SMILES string of the molecule is CCn1ccnc1C(=O)c1cc(F)cc(F)c1. The summed E-state index contributed by atoms with van der Waals surface area (Å²) in [6.45, 7) is 2.42. The lowest BCUT2D eigenvalue weighted by Crippen LogP contribution is -2.11. The number of ketones is 1. The van der Waals surface area contributed by atoms with Gasteiger partial charge in [-0.05, 0) is 19.1 Å². The van der Waals surface area contributed by atoms with Gasteiger partial charge >= 0.3 is 0 Å². The number of aromatic nitrogens is 2. The Hall–Kier alpha value is -2.04. The number of rotatable bonds is 3. The Labute approximate surface area is 96.7 Å². The number of imidazole rings is 1. The van der Waals surface area contributed by atoms with Crippen molar-refractivity contribution in [1.29, 1.82) is 0 Å². The Balaban J connectivity index is 2.43. The minimum absolute atomic E-state index is 0.0385. The maximum absolute atomic E-state index is 13.0. The molecule has 0 fully saturated rings. The molecule has 1 heterocycles. The number of hydrogen-bond acceptors (Lipinski definition) is 2. The molecule has 0 radical (unpaired) electrons. The van der Waals surface area contributed by atoms with Crippen molar-refractivity contribution in [3.8, 4) is 0 Å². The van der Waals surface area contributed by atoms with Crippen molar-refractivity contribution < 1.29 is 13.6 Å². The van der Waals surface area contributed by atoms with Crippen LogP contribution in [-0.2, 0) is 6.54 Å². The Kier molecular flexibility index (Phi) is 2.99. The van der Waals surface area contributed by atoms with Gasteiger partial charge in [0.2, 0.25) is 5.78 Å². The zero-order valence-electron chi connectivity index (χ0n) is 9.15. The predicted octanol–water partition coefficient (Wildman–Crippen LogP) is 2.41. The molecule has 0 saturated heterocycles. The lowest BCUT2D eigenvalue weighted by molar-refractivity contribution is 0.102. The molecule has 0 aliphatic carbocycles. The van der Waals surface area contributed by atoms with Crippen molar-refractivity contribution in [3.63, 3.8) is 0 Å². The van der Waals surface area contributed by atoms with E-state index in [1.807, 2.05) is 6.92 Å². The van der Waals surface area contributed by atoms with Gasteiger partial charge in [0.15, 0.2) is 5.82 Å². The van der Waals surface area contributed by atoms with Crippen LogP contribution in [0.3, 0.4) is 0 Å². The molecule has 1 aromatic heterocycles. The van der Waals surface area contributed by atoms with Gasteiger partial charge in [0.1, 0.15) is 11.6 Å². The molecular weight excluding hydrogens is 226 g/mol. The van der Waals surface area contributed by atoms with Gasteiger partial charge in [-0.2, -0.15) is 0 Å². The quantitative estimate of drug-likeness (QED) is 0.767. The molecule has 17 heavy (non-hydrogen) atoms. The minimum Gasteiger partial charge on any atom is -0.328 e. The molecule has 3 nitrogen and oxygen atoms in total. The van der Waals surface area contributed by atoms with E-state index in [2.05, 4.69) is 4.98 Å². The molecule has 0 saturated carbocycles. The van der Waals surface area contributed by atoms with Crippen LogP contribution in [0.25, 0.3) is 0 Å². The summed E-state index contributed by atoms with van der Waals surface area (Å²) >= 11 is 0. The molecule has 0 bridgehead atoms. The minimum atomic E-state index is -0.775. The molecule has 0 aliphatic heterocycles. The fourth-order valence-corrected chi connectivity index (χ4v) is 1.59. The van der Waals surface area contributed by atoms with Crippen LogP contribution in [0.2, 0.25) is 0 Å². The Morgan fingerprint density at radius 2 is 1.94 bits per heavy atom. The summed E-state index contributed by atoms with van der Waals surface area (Å²) in [5.41, 5.74) is -0.0385. The van der Waals surface area contributed by atoms with Crippen LogP contribution in [0.4, 0.5) is 8.78 Å². The highest BCUT2D eigenvalue weighted by Crippen LogP contribution is 2.12. The second-order valence-corrected chi connectivity index (χ2v) is 3.52. The fraction of sp³-hybridized carbons (Fsp3) is 0.167. The third kappa shape index (κ3) is 2.22. The third-order valence-corrected chi connectivity index (χ3v) is 2.38. The number of benzene rings is 1. The van der Waals surface area contributed by atoms with E-state index in [1.165, 1.54) is 6.20 Å². The molecule has 2 rings (SSSR count). The van der Waals surface area contributed by atoms with Crippen molar-refractivity contribution in [1.82, 2.24) is 9.55 Å². The maximum Gasteiger partial charge on any atom is 0.228 e. The van der Waals surface area contributed by atoms with E-state index in [-0.39, 0.29) is 11.4 Å². The molecule has 0 spiro atoms.